The average Bonchev–Trinajstić information content (AvgIpc) is 2.92. The van der Waals surface area contributed by atoms with E-state index < -0.39 is 0 Å². The molecule has 18 heavy (non-hydrogen) atoms. The van der Waals surface area contributed by atoms with E-state index in [0.29, 0.717) is 23.0 Å². The molecule has 3 rings (SSSR count). The van der Waals surface area contributed by atoms with Crippen LogP contribution in [0.15, 0.2) is 18.2 Å². The second kappa shape index (κ2) is 4.38. The largest absolute Gasteiger partial charge is 0.338 e. The van der Waals surface area contributed by atoms with Crippen molar-refractivity contribution in [1.82, 2.24) is 4.90 Å². The van der Waals surface area contributed by atoms with Crippen molar-refractivity contribution >= 4 is 5.91 Å². The number of nitrogens with zero attached hydrogens (tertiary/aromatic N) is 1. The number of hydrogen-bond donors (Lipinski definition) is 0. The number of carbonyl (C=O) groups is 1. The highest BCUT2D eigenvalue weighted by atomic mass is 19.1. The average molecular weight is 247 g/mol. The molecule has 96 valence electrons. The molecule has 0 aromatic heterocycles. The Bertz CT molecular complexity index is 473. The van der Waals surface area contributed by atoms with Gasteiger partial charge in [0.15, 0.2) is 0 Å². The molecule has 2 unspecified atom stereocenters. The minimum atomic E-state index is -0.246. The first-order chi connectivity index (χ1) is 8.65. The molecule has 1 aliphatic heterocycles. The van der Waals surface area contributed by atoms with Gasteiger partial charge in [0.1, 0.15) is 5.82 Å². The lowest BCUT2D eigenvalue weighted by molar-refractivity contribution is 0.0780. The molecule has 1 saturated heterocycles. The third-order valence-electron chi connectivity index (χ3n) is 4.42. The molecule has 1 aromatic rings. The van der Waals surface area contributed by atoms with Crippen molar-refractivity contribution < 1.29 is 9.18 Å². The van der Waals surface area contributed by atoms with E-state index in [1.54, 1.807) is 19.1 Å². The second-order valence-corrected chi connectivity index (χ2v) is 5.63. The van der Waals surface area contributed by atoms with Crippen molar-refractivity contribution in [3.8, 4) is 0 Å². The normalized spacial score (nSPS) is 26.4. The molecule has 0 bridgehead atoms. The standard InChI is InChI=1S/C15H18FNO/c1-10-7-11(5-6-14(10)16)15(18)17-8-12-3-2-4-13(12)9-17/h5-7,12-13H,2-4,8-9H2,1H3. The van der Waals surface area contributed by atoms with Crippen molar-refractivity contribution in [3.63, 3.8) is 0 Å². The van der Waals surface area contributed by atoms with Crippen molar-refractivity contribution in [1.29, 1.82) is 0 Å². The molecule has 0 spiro atoms. The molecule has 3 heteroatoms. The van der Waals surface area contributed by atoms with Crippen molar-refractivity contribution in [2.24, 2.45) is 11.8 Å². The molecule has 1 amide bonds. The number of carbonyl (C=O) groups excluding carboxylic acids is 1. The van der Waals surface area contributed by atoms with E-state index >= 15 is 0 Å². The van der Waals surface area contributed by atoms with Crippen LogP contribution in [0.2, 0.25) is 0 Å². The molecule has 0 radical (unpaired) electrons. The number of hydrogen-bond acceptors (Lipinski definition) is 1. The van der Waals surface area contributed by atoms with E-state index in [0.717, 1.165) is 13.1 Å². The van der Waals surface area contributed by atoms with Crippen LogP contribution in [0, 0.1) is 24.6 Å². The Morgan fingerprint density at radius 1 is 1.28 bits per heavy atom. The summed E-state index contributed by atoms with van der Waals surface area (Å²) in [5, 5.41) is 0. The topological polar surface area (TPSA) is 20.3 Å². The number of benzene rings is 1. The van der Waals surface area contributed by atoms with Gasteiger partial charge in [0.2, 0.25) is 0 Å². The molecule has 1 aromatic carbocycles. The zero-order valence-corrected chi connectivity index (χ0v) is 10.7. The first-order valence-corrected chi connectivity index (χ1v) is 6.70. The predicted molar refractivity (Wildman–Crippen MR) is 67.9 cm³/mol. The second-order valence-electron chi connectivity index (χ2n) is 5.63. The Morgan fingerprint density at radius 3 is 2.56 bits per heavy atom. The Labute approximate surface area is 107 Å². The quantitative estimate of drug-likeness (QED) is 0.747. The van der Waals surface area contributed by atoms with E-state index in [4.69, 9.17) is 0 Å². The van der Waals surface area contributed by atoms with Crippen LogP contribution in [0.1, 0.15) is 35.2 Å². The van der Waals surface area contributed by atoms with E-state index in [-0.39, 0.29) is 11.7 Å². The van der Waals surface area contributed by atoms with Gasteiger partial charge >= 0.3 is 0 Å². The first-order valence-electron chi connectivity index (χ1n) is 6.70. The summed E-state index contributed by atoms with van der Waals surface area (Å²) in [6.45, 7) is 3.48. The molecule has 2 atom stereocenters. The van der Waals surface area contributed by atoms with Crippen LogP contribution in [-0.2, 0) is 0 Å². The monoisotopic (exact) mass is 247 g/mol. The summed E-state index contributed by atoms with van der Waals surface area (Å²) in [6, 6.07) is 4.64. The van der Waals surface area contributed by atoms with Gasteiger partial charge in [-0.25, -0.2) is 4.39 Å². The summed E-state index contributed by atoms with van der Waals surface area (Å²) in [6.07, 6.45) is 3.83. The number of amides is 1. The molecule has 2 nitrogen and oxygen atoms in total. The molecule has 1 heterocycles. The molecule has 0 N–H and O–H groups in total. The van der Waals surface area contributed by atoms with E-state index in [1.165, 1.54) is 25.3 Å². The highest BCUT2D eigenvalue weighted by Crippen LogP contribution is 2.38. The number of halogens is 1. The van der Waals surface area contributed by atoms with Crippen LogP contribution >= 0.6 is 0 Å². The minimum Gasteiger partial charge on any atom is -0.338 e. The maximum atomic E-state index is 13.2. The van der Waals surface area contributed by atoms with Gasteiger partial charge in [0.25, 0.3) is 5.91 Å². The van der Waals surface area contributed by atoms with Gasteiger partial charge in [-0.05, 0) is 55.4 Å². The van der Waals surface area contributed by atoms with E-state index in [1.807, 2.05) is 4.90 Å². The van der Waals surface area contributed by atoms with Crippen LogP contribution in [0.25, 0.3) is 0 Å². The van der Waals surface area contributed by atoms with Crippen LogP contribution in [0.4, 0.5) is 4.39 Å². The Kier molecular flexibility index (Phi) is 2.84. The fourth-order valence-corrected chi connectivity index (χ4v) is 3.36. The number of rotatable bonds is 1. The Hall–Kier alpha value is -1.38. The van der Waals surface area contributed by atoms with E-state index in [2.05, 4.69) is 0 Å². The molecule has 2 aliphatic rings. The summed E-state index contributed by atoms with van der Waals surface area (Å²) in [7, 11) is 0. The lowest BCUT2D eigenvalue weighted by atomic mass is 10.0. The maximum absolute atomic E-state index is 13.2. The van der Waals surface area contributed by atoms with Crippen molar-refractivity contribution in [2.45, 2.75) is 26.2 Å². The van der Waals surface area contributed by atoms with Gasteiger partial charge < -0.3 is 4.90 Å². The SMILES string of the molecule is Cc1cc(C(=O)N2CC3CCCC3C2)ccc1F. The summed E-state index contributed by atoms with van der Waals surface area (Å²) in [4.78, 5) is 14.3. The Balaban J connectivity index is 1.77. The molecule has 1 aliphatic carbocycles. The Morgan fingerprint density at radius 2 is 1.94 bits per heavy atom. The van der Waals surface area contributed by atoms with E-state index in [9.17, 15) is 9.18 Å². The zero-order valence-electron chi connectivity index (χ0n) is 10.7. The van der Waals surface area contributed by atoms with Crippen LogP contribution < -0.4 is 0 Å². The first kappa shape index (κ1) is 11.7. The molecule has 2 fully saturated rings. The van der Waals surface area contributed by atoms with Gasteiger partial charge in [-0.2, -0.15) is 0 Å². The van der Waals surface area contributed by atoms with Gasteiger partial charge in [0.05, 0.1) is 0 Å². The summed E-state index contributed by atoms with van der Waals surface area (Å²) >= 11 is 0. The number of aryl methyl sites for hydroxylation is 1. The van der Waals surface area contributed by atoms with Gasteiger partial charge in [-0.15, -0.1) is 0 Å². The van der Waals surface area contributed by atoms with Gasteiger partial charge in [0, 0.05) is 18.7 Å². The number of likely N-dealkylation sites (tertiary alicyclic amines) is 1. The maximum Gasteiger partial charge on any atom is 0.253 e. The molecule has 1 saturated carbocycles. The van der Waals surface area contributed by atoms with Gasteiger partial charge in [-0.3, -0.25) is 4.79 Å². The molecular weight excluding hydrogens is 229 g/mol. The predicted octanol–water partition coefficient (Wildman–Crippen LogP) is 3.01. The number of fused-ring (bicyclic) bond motifs is 1. The van der Waals surface area contributed by atoms with Crippen LogP contribution in [0.3, 0.4) is 0 Å². The summed E-state index contributed by atoms with van der Waals surface area (Å²) in [5.41, 5.74) is 1.16. The van der Waals surface area contributed by atoms with Crippen molar-refractivity contribution in [3.05, 3.63) is 35.1 Å². The highest BCUT2D eigenvalue weighted by Gasteiger charge is 2.38. The third kappa shape index (κ3) is 1.92. The lowest BCUT2D eigenvalue weighted by Crippen LogP contribution is -2.29. The highest BCUT2D eigenvalue weighted by molar-refractivity contribution is 5.94. The fourth-order valence-electron chi connectivity index (χ4n) is 3.36. The van der Waals surface area contributed by atoms with Crippen molar-refractivity contribution in [2.75, 3.05) is 13.1 Å². The minimum absolute atomic E-state index is 0.0625. The fraction of sp³-hybridized carbons (Fsp3) is 0.533. The summed E-state index contributed by atoms with van der Waals surface area (Å²) in [5.74, 6) is 1.23. The van der Waals surface area contributed by atoms with Crippen LogP contribution in [-0.4, -0.2) is 23.9 Å². The lowest BCUT2D eigenvalue weighted by Gasteiger charge is -2.17. The smallest absolute Gasteiger partial charge is 0.253 e. The van der Waals surface area contributed by atoms with Gasteiger partial charge in [-0.1, -0.05) is 6.42 Å². The third-order valence-corrected chi connectivity index (χ3v) is 4.42. The molecular formula is C15H18FNO. The zero-order chi connectivity index (χ0) is 12.7. The van der Waals surface area contributed by atoms with Crippen LogP contribution in [0.5, 0.6) is 0 Å². The summed E-state index contributed by atoms with van der Waals surface area (Å²) < 4.78 is 13.2.